The second-order valence-corrected chi connectivity index (χ2v) is 6.65. The molecule has 8 nitrogen and oxygen atoms in total. The Morgan fingerprint density at radius 3 is 2.85 bits per heavy atom. The molecule has 1 amide bonds. The summed E-state index contributed by atoms with van der Waals surface area (Å²) in [5, 5.41) is 4.23. The van der Waals surface area contributed by atoms with Crippen LogP contribution >= 0.6 is 0 Å². The molecule has 1 aliphatic heterocycles. The molecule has 5 rings (SSSR count). The lowest BCUT2D eigenvalue weighted by molar-refractivity contribution is 0.0501. The lowest BCUT2D eigenvalue weighted by Gasteiger charge is -2.39. The molecule has 134 valence electrons. The summed E-state index contributed by atoms with van der Waals surface area (Å²) in [6.45, 7) is 1.96. The van der Waals surface area contributed by atoms with Crippen molar-refractivity contribution in [1.29, 1.82) is 0 Å². The number of nitrogens with zero attached hydrogens (tertiary/aromatic N) is 7. The van der Waals surface area contributed by atoms with Gasteiger partial charge in [-0.1, -0.05) is 6.07 Å². The highest BCUT2D eigenvalue weighted by molar-refractivity contribution is 5.96. The fraction of sp³-hybridized carbons (Fsp3) is 0.211. The molecule has 0 aromatic carbocycles. The molecule has 5 heterocycles. The number of carbonyl (C=O) groups excluding carboxylic acids is 1. The maximum atomic E-state index is 12.7. The van der Waals surface area contributed by atoms with E-state index in [4.69, 9.17) is 0 Å². The van der Waals surface area contributed by atoms with Crippen LogP contribution in [0.5, 0.6) is 0 Å². The van der Waals surface area contributed by atoms with Crippen LogP contribution in [-0.4, -0.2) is 53.2 Å². The second-order valence-electron chi connectivity index (χ2n) is 6.65. The summed E-state index contributed by atoms with van der Waals surface area (Å²) in [5.74, 6) is -0.0189. The highest BCUT2D eigenvalue weighted by Crippen LogP contribution is 2.23. The highest BCUT2D eigenvalue weighted by atomic mass is 16.2. The maximum Gasteiger partial charge on any atom is 0.255 e. The van der Waals surface area contributed by atoms with E-state index >= 15 is 0 Å². The van der Waals surface area contributed by atoms with Gasteiger partial charge in [0.15, 0.2) is 5.65 Å². The molecule has 0 aliphatic carbocycles. The predicted molar refractivity (Wildman–Crippen MR) is 98.0 cm³/mol. The zero-order chi connectivity index (χ0) is 18.2. The number of amides is 1. The van der Waals surface area contributed by atoms with Crippen molar-refractivity contribution >= 4 is 17.1 Å². The number of rotatable bonds is 4. The van der Waals surface area contributed by atoms with Crippen LogP contribution in [0.3, 0.4) is 0 Å². The van der Waals surface area contributed by atoms with E-state index in [-0.39, 0.29) is 11.9 Å². The molecule has 4 aromatic heterocycles. The summed E-state index contributed by atoms with van der Waals surface area (Å²) < 4.78 is 3.85. The van der Waals surface area contributed by atoms with E-state index in [0.717, 1.165) is 11.2 Å². The van der Waals surface area contributed by atoms with E-state index in [2.05, 4.69) is 20.1 Å². The van der Waals surface area contributed by atoms with Crippen LogP contribution in [0.2, 0.25) is 0 Å². The number of hydrogen-bond donors (Lipinski definition) is 0. The maximum absolute atomic E-state index is 12.7. The third kappa shape index (κ3) is 2.84. The molecule has 0 radical (unpaired) electrons. The Hall–Kier alpha value is -3.55. The van der Waals surface area contributed by atoms with E-state index in [1.54, 1.807) is 24.9 Å². The van der Waals surface area contributed by atoms with Gasteiger partial charge in [-0.3, -0.25) is 14.5 Å². The van der Waals surface area contributed by atoms with Gasteiger partial charge in [-0.15, -0.1) is 0 Å². The number of hydrogen-bond acceptors (Lipinski definition) is 5. The lowest BCUT2D eigenvalue weighted by Crippen LogP contribution is -2.50. The highest BCUT2D eigenvalue weighted by Gasteiger charge is 2.33. The van der Waals surface area contributed by atoms with Crippen molar-refractivity contribution in [3.8, 4) is 0 Å². The van der Waals surface area contributed by atoms with Crippen LogP contribution in [0, 0.1) is 0 Å². The zero-order valence-corrected chi connectivity index (χ0v) is 14.5. The molecular formula is C19H17N7O. The summed E-state index contributed by atoms with van der Waals surface area (Å²) in [6, 6.07) is 7.87. The van der Waals surface area contributed by atoms with Gasteiger partial charge < -0.3 is 9.47 Å². The first kappa shape index (κ1) is 15.7. The Morgan fingerprint density at radius 1 is 1.15 bits per heavy atom. The standard InChI is InChI=1S/C19H17N7O/c27-19(24-11-16(12-24)26-6-2-5-23-26)15-7-17-18(21-9-15)25(13-22-17)10-14-3-1-4-20-8-14/h1-9,13,16H,10-12H2. The number of aromatic nitrogens is 6. The Bertz CT molecular complexity index is 1080. The van der Waals surface area contributed by atoms with Gasteiger partial charge in [-0.05, 0) is 23.8 Å². The minimum Gasteiger partial charge on any atom is -0.334 e. The Morgan fingerprint density at radius 2 is 2.07 bits per heavy atom. The average molecular weight is 359 g/mol. The monoisotopic (exact) mass is 359 g/mol. The quantitative estimate of drug-likeness (QED) is 0.555. The van der Waals surface area contributed by atoms with Crippen LogP contribution in [0.15, 0.2) is 61.6 Å². The third-order valence-electron chi connectivity index (χ3n) is 4.83. The van der Waals surface area contributed by atoms with Gasteiger partial charge >= 0.3 is 0 Å². The summed E-state index contributed by atoms with van der Waals surface area (Å²) >= 11 is 0. The molecular weight excluding hydrogens is 342 g/mol. The van der Waals surface area contributed by atoms with Gasteiger partial charge in [0.25, 0.3) is 5.91 Å². The fourth-order valence-electron chi connectivity index (χ4n) is 3.34. The Kier molecular flexibility index (Phi) is 3.67. The Balaban J connectivity index is 1.33. The molecule has 4 aromatic rings. The fourth-order valence-corrected chi connectivity index (χ4v) is 3.34. The van der Waals surface area contributed by atoms with Gasteiger partial charge in [0, 0.05) is 44.1 Å². The number of pyridine rings is 2. The minimum absolute atomic E-state index is 0.0189. The summed E-state index contributed by atoms with van der Waals surface area (Å²) in [5.41, 5.74) is 3.11. The molecule has 0 bridgehead atoms. The molecule has 1 fully saturated rings. The minimum atomic E-state index is -0.0189. The number of likely N-dealkylation sites (tertiary alicyclic amines) is 1. The predicted octanol–water partition coefficient (Wildman–Crippen LogP) is 1.77. The van der Waals surface area contributed by atoms with E-state index in [0.29, 0.717) is 30.7 Å². The first-order valence-electron chi connectivity index (χ1n) is 8.76. The van der Waals surface area contributed by atoms with Crippen molar-refractivity contribution in [1.82, 2.24) is 34.2 Å². The van der Waals surface area contributed by atoms with Crippen LogP contribution in [-0.2, 0) is 6.54 Å². The lowest BCUT2D eigenvalue weighted by atomic mass is 10.1. The number of imidazole rings is 1. The van der Waals surface area contributed by atoms with Crippen molar-refractivity contribution in [3.05, 3.63) is 72.7 Å². The van der Waals surface area contributed by atoms with Crippen molar-refractivity contribution in [2.24, 2.45) is 0 Å². The topological polar surface area (TPSA) is 81.7 Å². The average Bonchev–Trinajstić information content (AvgIpc) is 3.31. The first-order valence-corrected chi connectivity index (χ1v) is 8.76. The van der Waals surface area contributed by atoms with E-state index in [1.807, 2.05) is 50.8 Å². The molecule has 27 heavy (non-hydrogen) atoms. The summed E-state index contributed by atoms with van der Waals surface area (Å²) in [4.78, 5) is 27.5. The summed E-state index contributed by atoms with van der Waals surface area (Å²) in [6.07, 6.45) is 10.6. The van der Waals surface area contributed by atoms with Crippen LogP contribution < -0.4 is 0 Å². The van der Waals surface area contributed by atoms with Crippen molar-refractivity contribution in [2.75, 3.05) is 13.1 Å². The smallest absolute Gasteiger partial charge is 0.255 e. The molecule has 0 unspecified atom stereocenters. The largest absolute Gasteiger partial charge is 0.334 e. The first-order chi connectivity index (χ1) is 13.3. The normalized spacial score (nSPS) is 14.4. The molecule has 8 heteroatoms. The number of carbonyl (C=O) groups is 1. The molecule has 0 saturated carbocycles. The summed E-state index contributed by atoms with van der Waals surface area (Å²) in [7, 11) is 0. The molecule has 0 spiro atoms. The van der Waals surface area contributed by atoms with Crippen LogP contribution in [0.1, 0.15) is 22.0 Å². The van der Waals surface area contributed by atoms with Gasteiger partial charge in [-0.25, -0.2) is 9.97 Å². The Labute approximate surface area is 155 Å². The molecule has 1 saturated heterocycles. The molecule has 1 aliphatic rings. The van der Waals surface area contributed by atoms with Crippen molar-refractivity contribution in [2.45, 2.75) is 12.6 Å². The van der Waals surface area contributed by atoms with Crippen molar-refractivity contribution < 1.29 is 4.79 Å². The van der Waals surface area contributed by atoms with Gasteiger partial charge in [0.2, 0.25) is 0 Å². The molecule has 0 atom stereocenters. The third-order valence-corrected chi connectivity index (χ3v) is 4.83. The van der Waals surface area contributed by atoms with Gasteiger partial charge in [0.05, 0.1) is 24.5 Å². The van der Waals surface area contributed by atoms with E-state index < -0.39 is 0 Å². The zero-order valence-electron chi connectivity index (χ0n) is 14.5. The number of fused-ring (bicyclic) bond motifs is 1. The van der Waals surface area contributed by atoms with Crippen molar-refractivity contribution in [3.63, 3.8) is 0 Å². The van der Waals surface area contributed by atoms with Gasteiger partial charge in [0.1, 0.15) is 5.52 Å². The molecule has 0 N–H and O–H groups in total. The van der Waals surface area contributed by atoms with Crippen LogP contribution in [0.4, 0.5) is 0 Å². The van der Waals surface area contributed by atoms with E-state index in [9.17, 15) is 4.79 Å². The SMILES string of the molecule is O=C(c1cnc2c(c1)ncn2Cc1cccnc1)N1CC(n2cccn2)C1. The van der Waals surface area contributed by atoms with Gasteiger partial charge in [-0.2, -0.15) is 5.10 Å². The van der Waals surface area contributed by atoms with Crippen LogP contribution in [0.25, 0.3) is 11.2 Å². The second kappa shape index (κ2) is 6.31. The van der Waals surface area contributed by atoms with E-state index in [1.165, 1.54) is 0 Å².